The molecule has 0 fully saturated rings. The molecule has 28 heavy (non-hydrogen) atoms. The molecular formula is C21H27N3O3S. The van der Waals surface area contributed by atoms with Gasteiger partial charge in [-0.05, 0) is 87.1 Å². The van der Waals surface area contributed by atoms with Crippen LogP contribution in [0.15, 0.2) is 47.4 Å². The third-order valence-corrected chi connectivity index (χ3v) is 6.43. The van der Waals surface area contributed by atoms with Gasteiger partial charge in [0.1, 0.15) is 0 Å². The third-order valence-electron chi connectivity index (χ3n) is 5.19. The maximum absolute atomic E-state index is 12.5. The van der Waals surface area contributed by atoms with Gasteiger partial charge in [0.15, 0.2) is 0 Å². The zero-order chi connectivity index (χ0) is 20.1. The van der Waals surface area contributed by atoms with Crippen LogP contribution in [0.4, 0.5) is 5.69 Å². The number of anilines is 1. The molecule has 2 aromatic rings. The second-order valence-electron chi connectivity index (χ2n) is 6.92. The first-order valence-electron chi connectivity index (χ1n) is 9.73. The quantitative estimate of drug-likeness (QED) is 0.699. The number of sulfonamides is 1. The number of nitrogens with one attached hydrogen (secondary N) is 2. The average Bonchev–Trinajstić information content (AvgIpc) is 2.73. The number of benzene rings is 2. The standard InChI is InChI=1S/C21H27N3O3S/c1-3-24(4-2)19-12-9-17(10-13-19)21(25)22-23-28(26,27)20-14-11-16-7-5-6-8-18(16)15-20/h9-15,23H,3-8H2,1-2H3,(H,22,25). The molecule has 6 nitrogen and oxygen atoms in total. The third kappa shape index (κ3) is 4.54. The summed E-state index contributed by atoms with van der Waals surface area (Å²) in [6, 6.07) is 12.3. The number of carbonyl (C=O) groups is 1. The van der Waals surface area contributed by atoms with Gasteiger partial charge in [-0.3, -0.25) is 10.2 Å². The number of rotatable bonds is 7. The van der Waals surface area contributed by atoms with Gasteiger partial charge < -0.3 is 4.90 Å². The van der Waals surface area contributed by atoms with Crippen molar-refractivity contribution in [3.63, 3.8) is 0 Å². The molecule has 1 aliphatic carbocycles. The zero-order valence-electron chi connectivity index (χ0n) is 16.4. The van der Waals surface area contributed by atoms with Crippen molar-refractivity contribution in [1.29, 1.82) is 0 Å². The maximum atomic E-state index is 12.5. The Bertz CT molecular complexity index is 936. The van der Waals surface area contributed by atoms with Crippen molar-refractivity contribution in [2.75, 3.05) is 18.0 Å². The van der Waals surface area contributed by atoms with Crippen LogP contribution in [0.3, 0.4) is 0 Å². The molecule has 1 aliphatic rings. The van der Waals surface area contributed by atoms with Gasteiger partial charge in [0, 0.05) is 24.3 Å². The first kappa shape index (κ1) is 20.4. The summed E-state index contributed by atoms with van der Waals surface area (Å²) in [7, 11) is -3.82. The van der Waals surface area contributed by atoms with Crippen molar-refractivity contribution in [3.8, 4) is 0 Å². The molecule has 0 heterocycles. The largest absolute Gasteiger partial charge is 0.372 e. The van der Waals surface area contributed by atoms with Crippen LogP contribution in [-0.2, 0) is 22.9 Å². The van der Waals surface area contributed by atoms with Gasteiger partial charge in [0.25, 0.3) is 15.9 Å². The number of hydrogen-bond acceptors (Lipinski definition) is 4. The first-order valence-corrected chi connectivity index (χ1v) is 11.2. The second kappa shape index (κ2) is 8.75. The number of nitrogens with zero attached hydrogens (tertiary/aromatic N) is 1. The van der Waals surface area contributed by atoms with E-state index in [-0.39, 0.29) is 4.90 Å². The summed E-state index contributed by atoms with van der Waals surface area (Å²) < 4.78 is 25.1. The molecule has 0 spiro atoms. The van der Waals surface area contributed by atoms with Gasteiger partial charge in [0.05, 0.1) is 4.90 Å². The average molecular weight is 402 g/mol. The Morgan fingerprint density at radius 2 is 1.61 bits per heavy atom. The molecule has 7 heteroatoms. The van der Waals surface area contributed by atoms with E-state index in [1.54, 1.807) is 24.3 Å². The van der Waals surface area contributed by atoms with E-state index in [0.29, 0.717) is 5.56 Å². The molecule has 2 aromatic carbocycles. The van der Waals surface area contributed by atoms with E-state index in [1.165, 1.54) is 5.56 Å². The maximum Gasteiger partial charge on any atom is 0.266 e. The molecule has 0 atom stereocenters. The lowest BCUT2D eigenvalue weighted by Gasteiger charge is -2.21. The predicted octanol–water partition coefficient (Wildman–Crippen LogP) is 3.03. The van der Waals surface area contributed by atoms with Gasteiger partial charge in [-0.15, -0.1) is 4.83 Å². The molecule has 0 saturated carbocycles. The summed E-state index contributed by atoms with van der Waals surface area (Å²) in [5.74, 6) is -0.493. The van der Waals surface area contributed by atoms with Crippen LogP contribution in [0, 0.1) is 0 Å². The minimum Gasteiger partial charge on any atom is -0.372 e. The zero-order valence-corrected chi connectivity index (χ0v) is 17.2. The minimum atomic E-state index is -3.82. The van der Waals surface area contributed by atoms with Crippen LogP contribution in [-0.4, -0.2) is 27.4 Å². The highest BCUT2D eigenvalue weighted by Crippen LogP contribution is 2.24. The van der Waals surface area contributed by atoms with Crippen molar-refractivity contribution in [3.05, 3.63) is 59.2 Å². The fourth-order valence-corrected chi connectivity index (χ4v) is 4.42. The van der Waals surface area contributed by atoms with E-state index in [1.807, 2.05) is 18.2 Å². The van der Waals surface area contributed by atoms with E-state index < -0.39 is 15.9 Å². The van der Waals surface area contributed by atoms with E-state index in [2.05, 4.69) is 29.0 Å². The van der Waals surface area contributed by atoms with Crippen LogP contribution < -0.4 is 15.2 Å². The van der Waals surface area contributed by atoms with Gasteiger partial charge in [0.2, 0.25) is 0 Å². The summed E-state index contributed by atoms with van der Waals surface area (Å²) in [6.45, 7) is 5.89. The molecule has 2 N–H and O–H groups in total. The molecule has 0 saturated heterocycles. The van der Waals surface area contributed by atoms with E-state index >= 15 is 0 Å². The highest BCUT2D eigenvalue weighted by atomic mass is 32.2. The molecule has 1 amide bonds. The van der Waals surface area contributed by atoms with Crippen LogP contribution >= 0.6 is 0 Å². The summed E-state index contributed by atoms with van der Waals surface area (Å²) in [5, 5.41) is 0. The Labute approximate surface area is 167 Å². The van der Waals surface area contributed by atoms with Crippen molar-refractivity contribution < 1.29 is 13.2 Å². The number of aryl methyl sites for hydroxylation is 2. The Morgan fingerprint density at radius 3 is 2.25 bits per heavy atom. The molecule has 150 valence electrons. The highest BCUT2D eigenvalue weighted by Gasteiger charge is 2.19. The van der Waals surface area contributed by atoms with E-state index in [4.69, 9.17) is 0 Å². The summed E-state index contributed by atoms with van der Waals surface area (Å²) in [4.78, 5) is 16.9. The minimum absolute atomic E-state index is 0.172. The van der Waals surface area contributed by atoms with Gasteiger partial charge in [-0.25, -0.2) is 8.42 Å². The molecule has 0 radical (unpaired) electrons. The number of hydrogen-bond donors (Lipinski definition) is 2. The molecule has 0 aromatic heterocycles. The normalized spacial score (nSPS) is 13.6. The number of amides is 1. The van der Waals surface area contributed by atoms with Crippen molar-refractivity contribution in [1.82, 2.24) is 10.3 Å². The van der Waals surface area contributed by atoms with Gasteiger partial charge >= 0.3 is 0 Å². The van der Waals surface area contributed by atoms with Crippen LogP contribution in [0.25, 0.3) is 0 Å². The fraction of sp³-hybridized carbons (Fsp3) is 0.381. The monoisotopic (exact) mass is 401 g/mol. The van der Waals surface area contributed by atoms with Gasteiger partial charge in [-0.1, -0.05) is 6.07 Å². The lowest BCUT2D eigenvalue weighted by molar-refractivity contribution is 0.0945. The Kier molecular flexibility index (Phi) is 6.36. The topological polar surface area (TPSA) is 78.5 Å². The van der Waals surface area contributed by atoms with E-state index in [0.717, 1.165) is 50.0 Å². The Morgan fingerprint density at radius 1 is 0.964 bits per heavy atom. The van der Waals surface area contributed by atoms with Crippen molar-refractivity contribution in [2.45, 2.75) is 44.4 Å². The van der Waals surface area contributed by atoms with E-state index in [9.17, 15) is 13.2 Å². The van der Waals surface area contributed by atoms with Crippen molar-refractivity contribution >= 4 is 21.6 Å². The van der Waals surface area contributed by atoms with Crippen LogP contribution in [0.5, 0.6) is 0 Å². The molecule has 0 bridgehead atoms. The van der Waals surface area contributed by atoms with Gasteiger partial charge in [-0.2, -0.15) is 0 Å². The number of hydrazine groups is 1. The molecule has 0 unspecified atom stereocenters. The first-order chi connectivity index (χ1) is 13.4. The Balaban J connectivity index is 1.66. The Hall–Kier alpha value is -2.38. The summed E-state index contributed by atoms with van der Waals surface area (Å²) in [5.41, 5.74) is 6.01. The second-order valence-corrected chi connectivity index (χ2v) is 8.60. The molecule has 3 rings (SSSR count). The van der Waals surface area contributed by atoms with Crippen LogP contribution in [0.1, 0.15) is 48.2 Å². The lowest BCUT2D eigenvalue weighted by atomic mass is 9.92. The molecule has 0 aliphatic heterocycles. The lowest BCUT2D eigenvalue weighted by Crippen LogP contribution is -2.41. The smallest absolute Gasteiger partial charge is 0.266 e. The predicted molar refractivity (Wildman–Crippen MR) is 111 cm³/mol. The molecular weight excluding hydrogens is 374 g/mol. The fourth-order valence-electron chi connectivity index (χ4n) is 3.53. The van der Waals surface area contributed by atoms with Crippen molar-refractivity contribution in [2.24, 2.45) is 0 Å². The summed E-state index contributed by atoms with van der Waals surface area (Å²) in [6.07, 6.45) is 4.10. The SMILES string of the molecule is CCN(CC)c1ccc(C(=O)NNS(=O)(=O)c2ccc3c(c2)CCCC3)cc1. The number of carbonyl (C=O) groups excluding carboxylic acids is 1. The summed E-state index contributed by atoms with van der Waals surface area (Å²) >= 11 is 0. The number of fused-ring (bicyclic) bond motifs is 1. The van der Waals surface area contributed by atoms with Crippen LogP contribution in [0.2, 0.25) is 0 Å². The highest BCUT2D eigenvalue weighted by molar-refractivity contribution is 7.89.